The van der Waals surface area contributed by atoms with Gasteiger partial charge in [0.1, 0.15) is 5.60 Å². The Morgan fingerprint density at radius 3 is 2.27 bits per heavy atom. The average Bonchev–Trinajstić information content (AvgIpc) is 2.69. The number of aliphatic hydroxyl groups is 1. The van der Waals surface area contributed by atoms with Crippen molar-refractivity contribution in [3.8, 4) is 0 Å². The van der Waals surface area contributed by atoms with Crippen LogP contribution in [0.1, 0.15) is 61.8 Å². The average molecular weight is 372 g/mol. The molecule has 3 N–H and O–H groups in total. The first-order valence-electron chi connectivity index (χ1n) is 9.35. The molecule has 1 aliphatic rings. The predicted molar refractivity (Wildman–Crippen MR) is 102 cm³/mol. The Morgan fingerprint density at radius 1 is 1.23 bits per heavy atom. The summed E-state index contributed by atoms with van der Waals surface area (Å²) >= 11 is 0. The van der Waals surface area contributed by atoms with Gasteiger partial charge in [0.25, 0.3) is 0 Å². The van der Waals surface area contributed by atoms with Gasteiger partial charge in [-0.2, -0.15) is 0 Å². The number of hydrogen-bond acceptors (Lipinski definition) is 5. The SMILES string of the molecule is CC(C)CN1CC(O)(CNC(=O)OC(C)(C)C)C[C@@H]1C(=O)NC(C)(C)C. The number of hydrogen-bond donors (Lipinski definition) is 3. The molecule has 152 valence electrons. The molecule has 0 aromatic heterocycles. The molecule has 7 nitrogen and oxygen atoms in total. The molecule has 0 aromatic rings. The summed E-state index contributed by atoms with van der Waals surface area (Å²) in [5.41, 5.74) is -2.09. The fourth-order valence-corrected chi connectivity index (χ4v) is 3.09. The normalized spacial score (nSPS) is 24.6. The van der Waals surface area contributed by atoms with E-state index in [-0.39, 0.29) is 24.4 Å². The molecule has 1 rings (SSSR count). The Morgan fingerprint density at radius 2 is 1.81 bits per heavy atom. The van der Waals surface area contributed by atoms with E-state index in [1.54, 1.807) is 20.8 Å². The molecule has 0 bridgehead atoms. The van der Waals surface area contributed by atoms with E-state index in [1.165, 1.54) is 0 Å². The number of carbonyl (C=O) groups is 2. The van der Waals surface area contributed by atoms with E-state index < -0.39 is 23.3 Å². The van der Waals surface area contributed by atoms with Crippen LogP contribution in [-0.2, 0) is 9.53 Å². The Labute approximate surface area is 157 Å². The molecule has 0 aromatic carbocycles. The summed E-state index contributed by atoms with van der Waals surface area (Å²) in [6.45, 7) is 16.4. The van der Waals surface area contributed by atoms with Gasteiger partial charge in [0, 0.05) is 25.0 Å². The minimum absolute atomic E-state index is 0.0514. The quantitative estimate of drug-likeness (QED) is 0.686. The van der Waals surface area contributed by atoms with Gasteiger partial charge in [-0.3, -0.25) is 9.69 Å². The van der Waals surface area contributed by atoms with Crippen LogP contribution in [0.15, 0.2) is 0 Å². The Hall–Kier alpha value is -1.34. The van der Waals surface area contributed by atoms with Crippen molar-refractivity contribution < 1.29 is 19.4 Å². The third-order valence-electron chi connectivity index (χ3n) is 3.87. The summed E-state index contributed by atoms with van der Waals surface area (Å²) in [6.07, 6.45) is -0.291. The van der Waals surface area contributed by atoms with Gasteiger partial charge in [-0.1, -0.05) is 13.8 Å². The van der Waals surface area contributed by atoms with Crippen LogP contribution in [0.25, 0.3) is 0 Å². The standard InChI is InChI=1S/C19H37N3O4/c1-13(2)10-22-12-19(25,11-20-16(24)26-18(6,7)8)9-14(22)15(23)21-17(3,4)5/h13-14,25H,9-12H2,1-8H3,(H,20,24)(H,21,23)/t14-,19?/m1/s1. The Bertz CT molecular complexity index is 508. The number of amides is 2. The Kier molecular flexibility index (Phi) is 7.10. The lowest BCUT2D eigenvalue weighted by molar-refractivity contribution is -0.127. The summed E-state index contributed by atoms with van der Waals surface area (Å²) < 4.78 is 5.22. The van der Waals surface area contributed by atoms with E-state index in [4.69, 9.17) is 4.74 Å². The van der Waals surface area contributed by atoms with E-state index >= 15 is 0 Å². The van der Waals surface area contributed by atoms with E-state index in [0.29, 0.717) is 19.0 Å². The highest BCUT2D eigenvalue weighted by molar-refractivity contribution is 5.83. The van der Waals surface area contributed by atoms with Crippen LogP contribution >= 0.6 is 0 Å². The molecule has 1 aliphatic heterocycles. The second-order valence-electron chi connectivity index (χ2n) is 9.86. The molecule has 0 aliphatic carbocycles. The summed E-state index contributed by atoms with van der Waals surface area (Å²) in [5.74, 6) is 0.271. The molecule has 26 heavy (non-hydrogen) atoms. The van der Waals surface area contributed by atoms with Gasteiger partial charge in [-0.25, -0.2) is 4.79 Å². The molecule has 0 spiro atoms. The fourth-order valence-electron chi connectivity index (χ4n) is 3.09. The van der Waals surface area contributed by atoms with Crippen molar-refractivity contribution >= 4 is 12.0 Å². The number of alkyl carbamates (subject to hydrolysis) is 1. The zero-order valence-electron chi connectivity index (χ0n) is 17.6. The third kappa shape index (κ3) is 7.91. The third-order valence-corrected chi connectivity index (χ3v) is 3.87. The van der Waals surface area contributed by atoms with Gasteiger partial charge in [-0.15, -0.1) is 0 Å². The summed E-state index contributed by atoms with van der Waals surface area (Å²) in [7, 11) is 0. The Balaban J connectivity index is 2.78. The van der Waals surface area contributed by atoms with Crippen LogP contribution in [0.2, 0.25) is 0 Å². The largest absolute Gasteiger partial charge is 0.444 e. The zero-order chi connectivity index (χ0) is 20.3. The molecule has 2 amide bonds. The highest BCUT2D eigenvalue weighted by atomic mass is 16.6. The molecule has 0 radical (unpaired) electrons. The van der Waals surface area contributed by atoms with Crippen molar-refractivity contribution in [3.05, 3.63) is 0 Å². The number of rotatable bonds is 5. The van der Waals surface area contributed by atoms with Gasteiger partial charge in [0.05, 0.1) is 18.2 Å². The topological polar surface area (TPSA) is 90.9 Å². The summed E-state index contributed by atoms with van der Waals surface area (Å²) in [5, 5.41) is 16.6. The minimum atomic E-state index is -1.16. The molecular weight excluding hydrogens is 334 g/mol. The second kappa shape index (κ2) is 8.13. The maximum Gasteiger partial charge on any atom is 0.407 e. The van der Waals surface area contributed by atoms with Crippen molar-refractivity contribution in [2.24, 2.45) is 5.92 Å². The monoisotopic (exact) mass is 371 g/mol. The van der Waals surface area contributed by atoms with Crippen molar-refractivity contribution in [3.63, 3.8) is 0 Å². The van der Waals surface area contributed by atoms with E-state index in [2.05, 4.69) is 24.5 Å². The number of nitrogens with zero attached hydrogens (tertiary/aromatic N) is 1. The highest BCUT2D eigenvalue weighted by Gasteiger charge is 2.46. The lowest BCUT2D eigenvalue weighted by Crippen LogP contribution is -2.50. The number of ether oxygens (including phenoxy) is 1. The van der Waals surface area contributed by atoms with E-state index in [9.17, 15) is 14.7 Å². The number of carbonyl (C=O) groups excluding carboxylic acids is 2. The molecule has 0 saturated carbocycles. The molecule has 1 saturated heterocycles. The maximum absolute atomic E-state index is 12.7. The first-order chi connectivity index (χ1) is 11.6. The van der Waals surface area contributed by atoms with Gasteiger partial charge in [-0.05, 0) is 47.5 Å². The summed E-state index contributed by atoms with van der Waals surface area (Å²) in [6, 6.07) is -0.415. The molecule has 7 heteroatoms. The maximum atomic E-state index is 12.7. The molecule has 2 atom stereocenters. The smallest absolute Gasteiger partial charge is 0.407 e. The minimum Gasteiger partial charge on any atom is -0.444 e. The van der Waals surface area contributed by atoms with Gasteiger partial charge >= 0.3 is 6.09 Å². The molecule has 1 fully saturated rings. The predicted octanol–water partition coefficient (Wildman–Crippen LogP) is 1.89. The molecular formula is C19H37N3O4. The number of β-amino-alcohol motifs (C(OH)–C–C–N with tert-alkyl or cyclic N) is 1. The molecule has 1 unspecified atom stereocenters. The van der Waals surface area contributed by atoms with E-state index in [0.717, 1.165) is 0 Å². The highest BCUT2D eigenvalue weighted by Crippen LogP contribution is 2.28. The van der Waals surface area contributed by atoms with Crippen LogP contribution in [-0.4, -0.2) is 64.4 Å². The van der Waals surface area contributed by atoms with Crippen LogP contribution in [0.3, 0.4) is 0 Å². The lowest BCUT2D eigenvalue weighted by atomic mass is 9.99. The van der Waals surface area contributed by atoms with Crippen LogP contribution in [0.4, 0.5) is 4.79 Å². The van der Waals surface area contributed by atoms with Crippen LogP contribution < -0.4 is 10.6 Å². The number of nitrogens with one attached hydrogen (secondary N) is 2. The fraction of sp³-hybridized carbons (Fsp3) is 0.895. The van der Waals surface area contributed by atoms with Crippen molar-refractivity contribution in [2.45, 2.75) is 84.6 Å². The second-order valence-corrected chi connectivity index (χ2v) is 9.86. The number of likely N-dealkylation sites (tertiary alicyclic amines) is 1. The zero-order valence-corrected chi connectivity index (χ0v) is 17.6. The van der Waals surface area contributed by atoms with Crippen molar-refractivity contribution in [2.75, 3.05) is 19.6 Å². The molecule has 1 heterocycles. The van der Waals surface area contributed by atoms with Crippen LogP contribution in [0, 0.1) is 5.92 Å². The first-order valence-corrected chi connectivity index (χ1v) is 9.35. The summed E-state index contributed by atoms with van der Waals surface area (Å²) in [4.78, 5) is 26.6. The first kappa shape index (κ1) is 22.7. The van der Waals surface area contributed by atoms with Gasteiger partial charge in [0.2, 0.25) is 5.91 Å². The van der Waals surface area contributed by atoms with Gasteiger partial charge in [0.15, 0.2) is 0 Å². The van der Waals surface area contributed by atoms with Crippen molar-refractivity contribution in [1.82, 2.24) is 15.5 Å². The lowest BCUT2D eigenvalue weighted by Gasteiger charge is -2.28. The van der Waals surface area contributed by atoms with Gasteiger partial charge < -0.3 is 20.5 Å². The van der Waals surface area contributed by atoms with Crippen molar-refractivity contribution in [1.29, 1.82) is 0 Å². The van der Waals surface area contributed by atoms with E-state index in [1.807, 2.05) is 25.7 Å². The van der Waals surface area contributed by atoms with Crippen LogP contribution in [0.5, 0.6) is 0 Å².